The fourth-order valence-corrected chi connectivity index (χ4v) is 1.59. The molecule has 0 radical (unpaired) electrons. The molecule has 2 N–H and O–H groups in total. The topological polar surface area (TPSA) is 49.6 Å². The standard InChI is InChI=1S/C13H21N3O/c1-10-11(6-5-7-12(10)14)8-16(4)9-13(17)15(2)3/h5-7H,8-9,14H2,1-4H3. The quantitative estimate of drug-likeness (QED) is 0.795. The number of nitrogens with two attached hydrogens (primary N) is 1. The number of hydrogen-bond acceptors (Lipinski definition) is 3. The summed E-state index contributed by atoms with van der Waals surface area (Å²) in [5.74, 6) is 0.106. The zero-order chi connectivity index (χ0) is 13.0. The van der Waals surface area contributed by atoms with E-state index in [4.69, 9.17) is 5.73 Å². The highest BCUT2D eigenvalue weighted by Gasteiger charge is 2.10. The molecular formula is C13H21N3O. The average molecular weight is 235 g/mol. The summed E-state index contributed by atoms with van der Waals surface area (Å²) in [6, 6.07) is 5.88. The maximum atomic E-state index is 11.6. The molecule has 1 rings (SSSR count). The van der Waals surface area contributed by atoms with E-state index in [1.165, 1.54) is 5.56 Å². The number of nitrogen functional groups attached to an aromatic ring is 1. The summed E-state index contributed by atoms with van der Waals surface area (Å²) in [5, 5.41) is 0. The third-order valence-corrected chi connectivity index (χ3v) is 2.83. The molecule has 0 unspecified atom stereocenters. The second kappa shape index (κ2) is 5.68. The van der Waals surface area contributed by atoms with Gasteiger partial charge in [-0.15, -0.1) is 0 Å². The zero-order valence-electron chi connectivity index (χ0n) is 11.0. The van der Waals surface area contributed by atoms with Gasteiger partial charge in [0.2, 0.25) is 5.91 Å². The molecule has 1 aromatic rings. The summed E-state index contributed by atoms with van der Waals surface area (Å²) in [6.07, 6.45) is 0. The molecule has 0 heterocycles. The monoisotopic (exact) mass is 235 g/mol. The van der Waals surface area contributed by atoms with Crippen LogP contribution in [-0.4, -0.2) is 43.4 Å². The first-order valence-electron chi connectivity index (χ1n) is 5.64. The van der Waals surface area contributed by atoms with Gasteiger partial charge in [-0.2, -0.15) is 0 Å². The summed E-state index contributed by atoms with van der Waals surface area (Å²) in [4.78, 5) is 15.1. The van der Waals surface area contributed by atoms with E-state index in [9.17, 15) is 4.79 Å². The molecule has 4 heteroatoms. The molecule has 0 saturated heterocycles. The number of carbonyl (C=O) groups is 1. The van der Waals surface area contributed by atoms with Gasteiger partial charge in [0.1, 0.15) is 0 Å². The Morgan fingerprint density at radius 3 is 2.53 bits per heavy atom. The predicted molar refractivity (Wildman–Crippen MR) is 70.6 cm³/mol. The summed E-state index contributed by atoms with van der Waals surface area (Å²) in [6.45, 7) is 3.16. The van der Waals surface area contributed by atoms with Gasteiger partial charge in [0.05, 0.1) is 6.54 Å². The maximum absolute atomic E-state index is 11.6. The maximum Gasteiger partial charge on any atom is 0.236 e. The first-order valence-corrected chi connectivity index (χ1v) is 5.64. The van der Waals surface area contributed by atoms with Crippen LogP contribution in [0.1, 0.15) is 11.1 Å². The summed E-state index contributed by atoms with van der Waals surface area (Å²) in [5.41, 5.74) is 8.91. The van der Waals surface area contributed by atoms with E-state index in [2.05, 4.69) is 0 Å². The fourth-order valence-electron chi connectivity index (χ4n) is 1.59. The number of carbonyl (C=O) groups excluding carboxylic acids is 1. The van der Waals surface area contributed by atoms with E-state index in [-0.39, 0.29) is 5.91 Å². The van der Waals surface area contributed by atoms with Crippen molar-refractivity contribution in [3.63, 3.8) is 0 Å². The van der Waals surface area contributed by atoms with Gasteiger partial charge in [0, 0.05) is 26.3 Å². The van der Waals surface area contributed by atoms with Crippen LogP contribution >= 0.6 is 0 Å². The van der Waals surface area contributed by atoms with Gasteiger partial charge in [-0.3, -0.25) is 9.69 Å². The van der Waals surface area contributed by atoms with Crippen LogP contribution in [-0.2, 0) is 11.3 Å². The van der Waals surface area contributed by atoms with Crippen LogP contribution in [0.2, 0.25) is 0 Å². The first kappa shape index (κ1) is 13.5. The van der Waals surface area contributed by atoms with Gasteiger partial charge in [0.25, 0.3) is 0 Å². The molecule has 94 valence electrons. The van der Waals surface area contributed by atoms with E-state index in [0.29, 0.717) is 6.54 Å². The Bertz CT molecular complexity index is 402. The number of benzene rings is 1. The lowest BCUT2D eigenvalue weighted by Crippen LogP contribution is -2.34. The number of rotatable bonds is 4. The van der Waals surface area contributed by atoms with E-state index < -0.39 is 0 Å². The zero-order valence-corrected chi connectivity index (χ0v) is 11.0. The Morgan fingerprint density at radius 1 is 1.29 bits per heavy atom. The minimum absolute atomic E-state index is 0.106. The molecule has 4 nitrogen and oxygen atoms in total. The molecule has 0 saturated carbocycles. The lowest BCUT2D eigenvalue weighted by atomic mass is 10.1. The van der Waals surface area contributed by atoms with Gasteiger partial charge >= 0.3 is 0 Å². The Balaban J connectivity index is 2.65. The van der Waals surface area contributed by atoms with Gasteiger partial charge in [-0.05, 0) is 31.2 Å². The van der Waals surface area contributed by atoms with E-state index in [0.717, 1.165) is 17.8 Å². The summed E-state index contributed by atoms with van der Waals surface area (Å²) < 4.78 is 0. The van der Waals surface area contributed by atoms with Crippen molar-refractivity contribution in [3.05, 3.63) is 29.3 Å². The van der Waals surface area contributed by atoms with Crippen molar-refractivity contribution in [1.29, 1.82) is 0 Å². The SMILES string of the molecule is Cc1c(N)cccc1CN(C)CC(=O)N(C)C. The highest BCUT2D eigenvalue weighted by atomic mass is 16.2. The lowest BCUT2D eigenvalue weighted by molar-refractivity contribution is -0.129. The first-order chi connectivity index (χ1) is 7.91. The number of anilines is 1. The van der Waals surface area contributed by atoms with Gasteiger partial charge in [0.15, 0.2) is 0 Å². The molecule has 1 amide bonds. The van der Waals surface area contributed by atoms with Crippen molar-refractivity contribution in [3.8, 4) is 0 Å². The molecular weight excluding hydrogens is 214 g/mol. The van der Waals surface area contributed by atoms with Crippen LogP contribution in [0.15, 0.2) is 18.2 Å². The highest BCUT2D eigenvalue weighted by molar-refractivity contribution is 5.77. The minimum atomic E-state index is 0.106. The summed E-state index contributed by atoms with van der Waals surface area (Å²) in [7, 11) is 5.47. The molecule has 0 aliphatic heterocycles. The van der Waals surface area contributed by atoms with Crippen LogP contribution < -0.4 is 5.73 Å². The van der Waals surface area contributed by atoms with Crippen molar-refractivity contribution in [1.82, 2.24) is 9.80 Å². The lowest BCUT2D eigenvalue weighted by Gasteiger charge is -2.20. The Morgan fingerprint density at radius 2 is 1.94 bits per heavy atom. The van der Waals surface area contributed by atoms with Crippen molar-refractivity contribution in [2.24, 2.45) is 0 Å². The number of likely N-dealkylation sites (N-methyl/N-ethyl adjacent to an activating group) is 2. The Kier molecular flexibility index (Phi) is 4.52. The smallest absolute Gasteiger partial charge is 0.236 e. The predicted octanol–water partition coefficient (Wildman–Crippen LogP) is 1.10. The number of hydrogen-bond donors (Lipinski definition) is 1. The summed E-state index contributed by atoms with van der Waals surface area (Å²) >= 11 is 0. The molecule has 1 aromatic carbocycles. The van der Waals surface area contributed by atoms with Gasteiger partial charge in [-0.25, -0.2) is 0 Å². The Hall–Kier alpha value is -1.55. The van der Waals surface area contributed by atoms with Crippen molar-refractivity contribution in [2.75, 3.05) is 33.4 Å². The number of nitrogens with zero attached hydrogens (tertiary/aromatic N) is 2. The molecule has 0 bridgehead atoms. The van der Waals surface area contributed by atoms with Crippen LogP contribution in [0.4, 0.5) is 5.69 Å². The van der Waals surface area contributed by atoms with Crippen molar-refractivity contribution < 1.29 is 4.79 Å². The normalized spacial score (nSPS) is 10.6. The van der Waals surface area contributed by atoms with E-state index in [1.807, 2.05) is 37.1 Å². The largest absolute Gasteiger partial charge is 0.399 e. The molecule has 0 atom stereocenters. The molecule has 0 aromatic heterocycles. The third-order valence-electron chi connectivity index (χ3n) is 2.83. The highest BCUT2D eigenvalue weighted by Crippen LogP contribution is 2.16. The van der Waals surface area contributed by atoms with E-state index >= 15 is 0 Å². The molecule has 0 fully saturated rings. The third kappa shape index (κ3) is 3.75. The van der Waals surface area contributed by atoms with Crippen LogP contribution in [0, 0.1) is 6.92 Å². The molecule has 0 spiro atoms. The minimum Gasteiger partial charge on any atom is -0.399 e. The van der Waals surface area contributed by atoms with Crippen LogP contribution in [0.3, 0.4) is 0 Å². The Labute approximate surface area is 103 Å². The molecule has 0 aliphatic rings. The van der Waals surface area contributed by atoms with Crippen LogP contribution in [0.25, 0.3) is 0 Å². The van der Waals surface area contributed by atoms with Crippen molar-refractivity contribution in [2.45, 2.75) is 13.5 Å². The van der Waals surface area contributed by atoms with Crippen LogP contribution in [0.5, 0.6) is 0 Å². The van der Waals surface area contributed by atoms with Crippen molar-refractivity contribution >= 4 is 11.6 Å². The van der Waals surface area contributed by atoms with E-state index in [1.54, 1.807) is 19.0 Å². The molecule has 17 heavy (non-hydrogen) atoms. The second-order valence-electron chi connectivity index (χ2n) is 4.59. The number of amides is 1. The van der Waals surface area contributed by atoms with Gasteiger partial charge < -0.3 is 10.6 Å². The second-order valence-corrected chi connectivity index (χ2v) is 4.59. The molecule has 0 aliphatic carbocycles. The fraction of sp³-hybridized carbons (Fsp3) is 0.462. The average Bonchev–Trinajstić information content (AvgIpc) is 2.24. The van der Waals surface area contributed by atoms with Gasteiger partial charge in [-0.1, -0.05) is 12.1 Å².